The summed E-state index contributed by atoms with van der Waals surface area (Å²) >= 11 is 4.72. The van der Waals surface area contributed by atoms with Crippen LogP contribution < -0.4 is 5.32 Å². The van der Waals surface area contributed by atoms with Crippen LogP contribution in [0.5, 0.6) is 0 Å². The molecule has 0 aliphatic heterocycles. The van der Waals surface area contributed by atoms with Crippen molar-refractivity contribution in [1.29, 1.82) is 0 Å². The Labute approximate surface area is 151 Å². The highest BCUT2D eigenvalue weighted by Crippen LogP contribution is 2.21. The van der Waals surface area contributed by atoms with Crippen molar-refractivity contribution in [2.24, 2.45) is 0 Å². The summed E-state index contributed by atoms with van der Waals surface area (Å²) in [6.45, 7) is 1.76. The molecule has 1 amide bonds. The van der Waals surface area contributed by atoms with E-state index in [0.29, 0.717) is 11.7 Å². The van der Waals surface area contributed by atoms with Crippen LogP contribution in [-0.4, -0.2) is 26.8 Å². The van der Waals surface area contributed by atoms with Gasteiger partial charge >= 0.3 is 0 Å². The lowest BCUT2D eigenvalue weighted by Gasteiger charge is -2.05. The number of hydrogen-bond acceptors (Lipinski definition) is 6. The molecule has 0 fully saturated rings. The third-order valence-corrected chi connectivity index (χ3v) is 4.46. The van der Waals surface area contributed by atoms with Crippen LogP contribution >= 0.6 is 27.7 Å². The Morgan fingerprint density at radius 2 is 2.04 bits per heavy atom. The molecule has 6 nitrogen and oxygen atoms in total. The summed E-state index contributed by atoms with van der Waals surface area (Å²) in [6, 6.07) is 11.1. The van der Waals surface area contributed by atoms with E-state index in [-0.39, 0.29) is 11.7 Å². The van der Waals surface area contributed by atoms with Crippen LogP contribution in [0, 0.1) is 6.92 Å². The number of pyridine rings is 1. The molecule has 0 aliphatic carbocycles. The first-order chi connectivity index (χ1) is 11.6. The number of nitrogens with one attached hydrogen (secondary N) is 1. The second-order valence-electron chi connectivity index (χ2n) is 4.88. The minimum absolute atomic E-state index is 0.0827. The fourth-order valence-electron chi connectivity index (χ4n) is 1.88. The first-order valence-corrected chi connectivity index (χ1v) is 8.83. The van der Waals surface area contributed by atoms with Gasteiger partial charge in [-0.2, -0.15) is 4.98 Å². The van der Waals surface area contributed by atoms with Gasteiger partial charge in [0.25, 0.3) is 5.89 Å². The molecule has 3 aromatic rings. The van der Waals surface area contributed by atoms with E-state index in [4.69, 9.17) is 4.52 Å². The molecule has 8 heteroatoms. The standard InChI is InChI=1S/C16H13BrN4O2S/c1-10-19-16(23-21-10)11-2-7-15(18-8-11)24-9-14(22)20-13-5-3-12(17)4-6-13/h2-8H,9H2,1H3,(H,20,22). The first-order valence-electron chi connectivity index (χ1n) is 7.05. The van der Waals surface area contributed by atoms with E-state index in [0.717, 1.165) is 20.7 Å². The molecular weight excluding hydrogens is 392 g/mol. The summed E-state index contributed by atoms with van der Waals surface area (Å²) in [4.78, 5) is 20.4. The Morgan fingerprint density at radius 1 is 1.25 bits per heavy atom. The van der Waals surface area contributed by atoms with Gasteiger partial charge in [-0.1, -0.05) is 32.8 Å². The van der Waals surface area contributed by atoms with Crippen molar-refractivity contribution in [3.63, 3.8) is 0 Å². The van der Waals surface area contributed by atoms with Gasteiger partial charge in [0.05, 0.1) is 16.3 Å². The molecule has 0 aliphatic rings. The minimum Gasteiger partial charge on any atom is -0.334 e. The lowest BCUT2D eigenvalue weighted by atomic mass is 10.3. The van der Waals surface area contributed by atoms with E-state index >= 15 is 0 Å². The van der Waals surface area contributed by atoms with E-state index in [1.54, 1.807) is 13.1 Å². The largest absolute Gasteiger partial charge is 0.334 e. The van der Waals surface area contributed by atoms with E-state index < -0.39 is 0 Å². The number of halogens is 1. The van der Waals surface area contributed by atoms with Gasteiger partial charge in [-0.05, 0) is 43.3 Å². The van der Waals surface area contributed by atoms with Gasteiger partial charge in [0.2, 0.25) is 5.91 Å². The van der Waals surface area contributed by atoms with Gasteiger partial charge in [-0.25, -0.2) is 4.98 Å². The highest BCUT2D eigenvalue weighted by Gasteiger charge is 2.08. The number of rotatable bonds is 5. The van der Waals surface area contributed by atoms with Gasteiger partial charge in [-0.15, -0.1) is 0 Å². The predicted molar refractivity (Wildman–Crippen MR) is 95.8 cm³/mol. The molecule has 0 atom stereocenters. The maximum absolute atomic E-state index is 12.0. The van der Waals surface area contributed by atoms with Crippen molar-refractivity contribution in [1.82, 2.24) is 15.1 Å². The number of hydrogen-bond donors (Lipinski definition) is 1. The summed E-state index contributed by atoms with van der Waals surface area (Å²) in [7, 11) is 0. The lowest BCUT2D eigenvalue weighted by Crippen LogP contribution is -2.13. The molecule has 2 heterocycles. The average molecular weight is 405 g/mol. The van der Waals surface area contributed by atoms with Crippen molar-refractivity contribution in [2.45, 2.75) is 11.9 Å². The van der Waals surface area contributed by atoms with Crippen molar-refractivity contribution in [3.8, 4) is 11.5 Å². The van der Waals surface area contributed by atoms with E-state index in [2.05, 4.69) is 36.4 Å². The zero-order valence-corrected chi connectivity index (χ0v) is 15.1. The quantitative estimate of drug-likeness (QED) is 0.648. The summed E-state index contributed by atoms with van der Waals surface area (Å²) in [6.07, 6.45) is 1.65. The van der Waals surface area contributed by atoms with E-state index in [1.165, 1.54) is 11.8 Å². The van der Waals surface area contributed by atoms with Crippen LogP contribution in [0.3, 0.4) is 0 Å². The molecule has 0 radical (unpaired) electrons. The number of amides is 1. The SMILES string of the molecule is Cc1noc(-c2ccc(SCC(=O)Nc3ccc(Br)cc3)nc2)n1. The number of benzene rings is 1. The molecule has 1 N–H and O–H groups in total. The van der Waals surface area contributed by atoms with Crippen LogP contribution in [0.15, 0.2) is 56.6 Å². The molecule has 2 aromatic heterocycles. The maximum atomic E-state index is 12.0. The van der Waals surface area contributed by atoms with Gasteiger partial charge in [0, 0.05) is 16.4 Å². The number of thioether (sulfide) groups is 1. The van der Waals surface area contributed by atoms with Crippen molar-refractivity contribution in [2.75, 3.05) is 11.1 Å². The Hall–Kier alpha value is -2.19. The van der Waals surface area contributed by atoms with E-state index in [9.17, 15) is 4.79 Å². The molecule has 24 heavy (non-hydrogen) atoms. The summed E-state index contributed by atoms with van der Waals surface area (Å²) < 4.78 is 6.06. The van der Waals surface area contributed by atoms with Gasteiger partial charge in [0.15, 0.2) is 5.82 Å². The fourth-order valence-corrected chi connectivity index (χ4v) is 2.78. The molecule has 0 saturated heterocycles. The van der Waals surface area contributed by atoms with Crippen molar-refractivity contribution >= 4 is 39.3 Å². The molecule has 122 valence electrons. The molecule has 0 spiro atoms. The molecular formula is C16H13BrN4O2S. The Bertz CT molecular complexity index is 834. The Morgan fingerprint density at radius 3 is 2.67 bits per heavy atom. The monoisotopic (exact) mass is 404 g/mol. The first kappa shape index (κ1) is 16.7. The van der Waals surface area contributed by atoms with Crippen molar-refractivity contribution < 1.29 is 9.32 Å². The van der Waals surface area contributed by atoms with Crippen LogP contribution in [0.25, 0.3) is 11.5 Å². The highest BCUT2D eigenvalue weighted by atomic mass is 79.9. The number of aryl methyl sites for hydroxylation is 1. The normalized spacial score (nSPS) is 10.6. The number of anilines is 1. The number of nitrogens with zero attached hydrogens (tertiary/aromatic N) is 3. The van der Waals surface area contributed by atoms with Crippen LogP contribution in [0.4, 0.5) is 5.69 Å². The topological polar surface area (TPSA) is 80.9 Å². The average Bonchev–Trinajstić information content (AvgIpc) is 3.02. The molecule has 0 unspecified atom stereocenters. The third kappa shape index (κ3) is 4.42. The second kappa shape index (κ2) is 7.59. The third-order valence-electron chi connectivity index (χ3n) is 2.99. The number of aromatic nitrogens is 3. The smallest absolute Gasteiger partial charge is 0.259 e. The molecule has 3 rings (SSSR count). The maximum Gasteiger partial charge on any atom is 0.259 e. The van der Waals surface area contributed by atoms with Crippen LogP contribution in [0.1, 0.15) is 5.82 Å². The van der Waals surface area contributed by atoms with Gasteiger partial charge in [-0.3, -0.25) is 4.79 Å². The highest BCUT2D eigenvalue weighted by molar-refractivity contribution is 9.10. The lowest BCUT2D eigenvalue weighted by molar-refractivity contribution is -0.113. The number of carbonyl (C=O) groups is 1. The summed E-state index contributed by atoms with van der Waals surface area (Å²) in [5, 5.41) is 7.33. The van der Waals surface area contributed by atoms with E-state index in [1.807, 2.05) is 36.4 Å². The van der Waals surface area contributed by atoms with Gasteiger partial charge < -0.3 is 9.84 Å². The zero-order chi connectivity index (χ0) is 16.9. The van der Waals surface area contributed by atoms with Crippen molar-refractivity contribution in [3.05, 3.63) is 52.9 Å². The van der Waals surface area contributed by atoms with Crippen LogP contribution in [0.2, 0.25) is 0 Å². The zero-order valence-electron chi connectivity index (χ0n) is 12.7. The molecule has 1 aromatic carbocycles. The summed E-state index contributed by atoms with van der Waals surface area (Å²) in [5.41, 5.74) is 1.51. The summed E-state index contributed by atoms with van der Waals surface area (Å²) in [5.74, 6) is 1.21. The minimum atomic E-state index is -0.0827. The predicted octanol–water partition coefficient (Wildman–Crippen LogP) is 3.93. The second-order valence-corrected chi connectivity index (χ2v) is 6.79. The van der Waals surface area contributed by atoms with Crippen LogP contribution in [-0.2, 0) is 4.79 Å². The van der Waals surface area contributed by atoms with Gasteiger partial charge in [0.1, 0.15) is 0 Å². The number of carbonyl (C=O) groups excluding carboxylic acids is 1. The molecule has 0 bridgehead atoms. The fraction of sp³-hybridized carbons (Fsp3) is 0.125. The Balaban J connectivity index is 1.54. The Kier molecular flexibility index (Phi) is 5.27. The molecule has 0 saturated carbocycles.